The second-order valence-electron chi connectivity index (χ2n) is 5.71. The molecule has 2 aromatic rings. The molecule has 10 heteroatoms. The lowest BCUT2D eigenvalue weighted by atomic mass is 10.2. The summed E-state index contributed by atoms with van der Waals surface area (Å²) >= 11 is 0. The van der Waals surface area contributed by atoms with Gasteiger partial charge in [-0.15, -0.1) is 0 Å². The van der Waals surface area contributed by atoms with Crippen molar-refractivity contribution in [3.8, 4) is 5.75 Å². The van der Waals surface area contributed by atoms with Gasteiger partial charge in [0, 0.05) is 6.54 Å². The van der Waals surface area contributed by atoms with Gasteiger partial charge in [0.25, 0.3) is 10.0 Å². The lowest BCUT2D eigenvalue weighted by Gasteiger charge is -2.23. The van der Waals surface area contributed by atoms with E-state index in [1.165, 1.54) is 19.2 Å². The molecule has 0 fully saturated rings. The Morgan fingerprint density at radius 3 is 2.32 bits per heavy atom. The molecule has 152 valence electrons. The van der Waals surface area contributed by atoms with E-state index in [9.17, 15) is 26.4 Å². The van der Waals surface area contributed by atoms with E-state index in [1.54, 1.807) is 37.3 Å². The minimum Gasteiger partial charge on any atom is -0.495 e. The number of carbonyl (C=O) groups is 1. The molecule has 0 unspecified atom stereocenters. The minimum absolute atomic E-state index is 0.0391. The molecular weight excluding hydrogens is 397 g/mol. The molecule has 0 heterocycles. The summed E-state index contributed by atoms with van der Waals surface area (Å²) < 4.78 is 69.4. The Morgan fingerprint density at radius 2 is 1.79 bits per heavy atom. The quantitative estimate of drug-likeness (QED) is 0.745. The van der Waals surface area contributed by atoms with E-state index in [4.69, 9.17) is 4.74 Å². The molecule has 1 amide bonds. The Hall–Kier alpha value is -2.75. The summed E-state index contributed by atoms with van der Waals surface area (Å²) in [4.78, 5) is 11.4. The van der Waals surface area contributed by atoms with Gasteiger partial charge in [0.2, 0.25) is 5.91 Å². The van der Waals surface area contributed by atoms with E-state index in [-0.39, 0.29) is 22.9 Å². The number of nitrogens with one attached hydrogen (secondary N) is 1. The number of ether oxygens (including phenoxy) is 1. The molecule has 6 nitrogen and oxygen atoms in total. The number of halogens is 3. The van der Waals surface area contributed by atoms with Crippen molar-refractivity contribution in [2.24, 2.45) is 0 Å². The van der Waals surface area contributed by atoms with Crippen LogP contribution in [0, 0.1) is 0 Å². The molecule has 0 aliphatic rings. The van der Waals surface area contributed by atoms with Crippen LogP contribution in [-0.2, 0) is 14.8 Å². The van der Waals surface area contributed by atoms with Gasteiger partial charge in [-0.05, 0) is 37.3 Å². The summed E-state index contributed by atoms with van der Waals surface area (Å²) in [5.74, 6) is -1.28. The molecule has 28 heavy (non-hydrogen) atoms. The van der Waals surface area contributed by atoms with Gasteiger partial charge in [0.05, 0.1) is 23.4 Å². The fourth-order valence-electron chi connectivity index (χ4n) is 2.53. The Labute approximate surface area is 161 Å². The molecule has 0 saturated carbocycles. The van der Waals surface area contributed by atoms with E-state index < -0.39 is 28.5 Å². The Kier molecular flexibility index (Phi) is 6.55. The molecule has 0 radical (unpaired) electrons. The fourth-order valence-corrected chi connectivity index (χ4v) is 4.03. The summed E-state index contributed by atoms with van der Waals surface area (Å²) in [6.45, 7) is 1.79. The SMILES string of the molecule is CCN(c1ccccc1)S(=O)(=O)c1ccc(OC)c(NC(=O)CC(F)(F)F)c1. The first kappa shape index (κ1) is 21.5. The van der Waals surface area contributed by atoms with Crippen LogP contribution in [0.4, 0.5) is 24.5 Å². The Balaban J connectivity index is 2.41. The first-order valence-electron chi connectivity index (χ1n) is 8.21. The third-order valence-corrected chi connectivity index (χ3v) is 5.62. The smallest absolute Gasteiger partial charge is 0.397 e. The van der Waals surface area contributed by atoms with Crippen molar-refractivity contribution in [2.75, 3.05) is 23.3 Å². The number of sulfonamides is 1. The van der Waals surface area contributed by atoms with E-state index in [0.717, 1.165) is 10.4 Å². The highest BCUT2D eigenvalue weighted by Crippen LogP contribution is 2.31. The van der Waals surface area contributed by atoms with Gasteiger partial charge < -0.3 is 10.1 Å². The highest BCUT2D eigenvalue weighted by atomic mass is 32.2. The van der Waals surface area contributed by atoms with Gasteiger partial charge in [-0.1, -0.05) is 18.2 Å². The Morgan fingerprint density at radius 1 is 1.14 bits per heavy atom. The number of hydrogen-bond acceptors (Lipinski definition) is 4. The number of amides is 1. The number of anilines is 2. The Bertz CT molecular complexity index is 932. The van der Waals surface area contributed by atoms with E-state index in [1.807, 2.05) is 0 Å². The number of carbonyl (C=O) groups excluding carboxylic acids is 1. The predicted octanol–water partition coefficient (Wildman–Crippen LogP) is 3.80. The van der Waals surface area contributed by atoms with Crippen LogP contribution < -0.4 is 14.4 Å². The van der Waals surface area contributed by atoms with Crippen molar-refractivity contribution >= 4 is 27.3 Å². The summed E-state index contributed by atoms with van der Waals surface area (Å²) in [5, 5.41) is 2.06. The van der Waals surface area contributed by atoms with Gasteiger partial charge in [0.1, 0.15) is 12.2 Å². The van der Waals surface area contributed by atoms with Crippen LogP contribution in [-0.4, -0.2) is 34.2 Å². The van der Waals surface area contributed by atoms with Crippen LogP contribution in [0.5, 0.6) is 5.75 Å². The number of nitrogens with zero attached hydrogens (tertiary/aromatic N) is 1. The third-order valence-electron chi connectivity index (χ3n) is 3.73. The van der Waals surface area contributed by atoms with E-state index in [0.29, 0.717) is 5.69 Å². The molecule has 0 bridgehead atoms. The molecule has 0 atom stereocenters. The normalized spacial score (nSPS) is 11.8. The number of benzene rings is 2. The average molecular weight is 416 g/mol. The number of methoxy groups -OCH3 is 1. The zero-order chi connectivity index (χ0) is 20.9. The van der Waals surface area contributed by atoms with E-state index >= 15 is 0 Å². The van der Waals surface area contributed by atoms with Crippen LogP contribution in [0.2, 0.25) is 0 Å². The van der Waals surface area contributed by atoms with Gasteiger partial charge in [-0.2, -0.15) is 13.2 Å². The summed E-state index contributed by atoms with van der Waals surface area (Å²) in [5.41, 5.74) is 0.269. The van der Waals surface area contributed by atoms with Crippen molar-refractivity contribution < 1.29 is 31.1 Å². The molecule has 1 N–H and O–H groups in total. The molecule has 0 aliphatic carbocycles. The molecule has 0 saturated heterocycles. The van der Waals surface area contributed by atoms with Crippen molar-refractivity contribution in [3.63, 3.8) is 0 Å². The fraction of sp³-hybridized carbons (Fsp3) is 0.278. The maximum atomic E-state index is 13.0. The topological polar surface area (TPSA) is 75.7 Å². The van der Waals surface area contributed by atoms with Gasteiger partial charge in [-0.25, -0.2) is 8.42 Å². The summed E-state index contributed by atoms with van der Waals surface area (Å²) in [7, 11) is -2.76. The van der Waals surface area contributed by atoms with Gasteiger partial charge in [0.15, 0.2) is 0 Å². The summed E-state index contributed by atoms with van der Waals surface area (Å²) in [6.07, 6.45) is -6.38. The van der Waals surface area contributed by atoms with Gasteiger partial charge >= 0.3 is 6.18 Å². The largest absolute Gasteiger partial charge is 0.495 e. The van der Waals surface area contributed by atoms with Crippen molar-refractivity contribution in [3.05, 3.63) is 48.5 Å². The second-order valence-corrected chi connectivity index (χ2v) is 7.57. The molecule has 2 rings (SSSR count). The van der Waals surface area contributed by atoms with Crippen LogP contribution in [0.1, 0.15) is 13.3 Å². The maximum absolute atomic E-state index is 13.0. The monoisotopic (exact) mass is 416 g/mol. The molecule has 0 spiro atoms. The number of alkyl halides is 3. The number of rotatable bonds is 7. The average Bonchev–Trinajstić information content (AvgIpc) is 2.61. The zero-order valence-electron chi connectivity index (χ0n) is 15.2. The molecular formula is C18H19F3N2O4S. The highest BCUT2D eigenvalue weighted by Gasteiger charge is 2.32. The second kappa shape index (κ2) is 8.51. The van der Waals surface area contributed by atoms with Crippen molar-refractivity contribution in [2.45, 2.75) is 24.4 Å². The lowest BCUT2D eigenvalue weighted by Crippen LogP contribution is -2.30. The van der Waals surface area contributed by atoms with Crippen LogP contribution in [0.3, 0.4) is 0 Å². The van der Waals surface area contributed by atoms with Crippen LogP contribution >= 0.6 is 0 Å². The molecule has 2 aromatic carbocycles. The van der Waals surface area contributed by atoms with Crippen LogP contribution in [0.25, 0.3) is 0 Å². The highest BCUT2D eigenvalue weighted by molar-refractivity contribution is 7.92. The summed E-state index contributed by atoms with van der Waals surface area (Å²) in [6, 6.07) is 12.0. The number of para-hydroxylation sites is 1. The maximum Gasteiger partial charge on any atom is 0.397 e. The molecule has 0 aliphatic heterocycles. The van der Waals surface area contributed by atoms with Crippen LogP contribution in [0.15, 0.2) is 53.4 Å². The van der Waals surface area contributed by atoms with Gasteiger partial charge in [-0.3, -0.25) is 9.10 Å². The van der Waals surface area contributed by atoms with Crippen molar-refractivity contribution in [1.29, 1.82) is 0 Å². The third kappa shape index (κ3) is 5.16. The lowest BCUT2D eigenvalue weighted by molar-refractivity contribution is -0.150. The predicted molar refractivity (Wildman–Crippen MR) is 98.9 cm³/mol. The zero-order valence-corrected chi connectivity index (χ0v) is 16.0. The van der Waals surface area contributed by atoms with Crippen molar-refractivity contribution in [1.82, 2.24) is 0 Å². The van der Waals surface area contributed by atoms with E-state index in [2.05, 4.69) is 5.32 Å². The standard InChI is InChI=1S/C18H19F3N2O4S/c1-3-23(13-7-5-4-6-8-13)28(25,26)14-9-10-16(27-2)15(11-14)22-17(24)12-18(19,20)21/h4-11H,3,12H2,1-2H3,(H,22,24). The first-order valence-corrected chi connectivity index (χ1v) is 9.65. The molecule has 0 aromatic heterocycles. The first-order chi connectivity index (χ1) is 13.1. The minimum atomic E-state index is -4.69. The number of hydrogen-bond donors (Lipinski definition) is 1.